The zero-order valence-electron chi connectivity index (χ0n) is 5.22. The highest BCUT2D eigenvalue weighted by molar-refractivity contribution is 5.68. The SMILES string of the molecule is C=c1nc2c(=C)onc2[nH]1. The van der Waals surface area contributed by atoms with Gasteiger partial charge in [0, 0.05) is 0 Å². The van der Waals surface area contributed by atoms with Gasteiger partial charge in [-0.2, -0.15) is 0 Å². The number of H-pyrrole nitrogens is 1. The van der Waals surface area contributed by atoms with Gasteiger partial charge in [-0.1, -0.05) is 18.3 Å². The highest BCUT2D eigenvalue weighted by atomic mass is 16.5. The van der Waals surface area contributed by atoms with Crippen LogP contribution in [0, 0.1) is 0 Å². The molecule has 2 aromatic rings. The Kier molecular flexibility index (Phi) is 0.768. The molecule has 0 bridgehead atoms. The van der Waals surface area contributed by atoms with E-state index in [1.165, 1.54) is 0 Å². The molecular weight excluding hydrogens is 130 g/mol. The van der Waals surface area contributed by atoms with E-state index in [0.717, 1.165) is 0 Å². The van der Waals surface area contributed by atoms with Crippen molar-refractivity contribution < 1.29 is 4.52 Å². The number of rotatable bonds is 0. The predicted molar refractivity (Wildman–Crippen MR) is 36.4 cm³/mol. The largest absolute Gasteiger partial charge is 0.353 e. The van der Waals surface area contributed by atoms with E-state index in [0.29, 0.717) is 22.1 Å². The number of hydrogen-bond donors (Lipinski definition) is 1. The van der Waals surface area contributed by atoms with Crippen molar-refractivity contribution in [1.29, 1.82) is 0 Å². The molecule has 1 N–H and O–H groups in total. The molecule has 0 radical (unpaired) electrons. The highest BCUT2D eigenvalue weighted by Gasteiger charge is 2.01. The molecule has 0 unspecified atom stereocenters. The lowest BCUT2D eigenvalue weighted by Gasteiger charge is -1.65. The summed E-state index contributed by atoms with van der Waals surface area (Å²) in [6.45, 7) is 7.18. The molecule has 4 nitrogen and oxygen atoms in total. The number of nitrogens with zero attached hydrogens (tertiary/aromatic N) is 2. The molecule has 0 aliphatic heterocycles. The molecule has 2 aromatic heterocycles. The normalized spacial score (nSPS) is 10.8. The van der Waals surface area contributed by atoms with Gasteiger partial charge in [-0.25, -0.2) is 4.98 Å². The van der Waals surface area contributed by atoms with Gasteiger partial charge in [-0.05, 0) is 0 Å². The number of aromatic nitrogens is 3. The molecule has 10 heavy (non-hydrogen) atoms. The van der Waals surface area contributed by atoms with Gasteiger partial charge in [0.1, 0.15) is 5.48 Å². The van der Waals surface area contributed by atoms with Crippen molar-refractivity contribution in [1.82, 2.24) is 15.1 Å². The average Bonchev–Trinajstić information content (AvgIpc) is 2.35. The van der Waals surface area contributed by atoms with Crippen LogP contribution in [0.3, 0.4) is 0 Å². The Balaban J connectivity index is 3.18. The summed E-state index contributed by atoms with van der Waals surface area (Å²) in [6.07, 6.45) is 0. The zero-order valence-corrected chi connectivity index (χ0v) is 5.22. The van der Waals surface area contributed by atoms with Crippen molar-refractivity contribution in [2.24, 2.45) is 0 Å². The van der Waals surface area contributed by atoms with Crippen LogP contribution < -0.4 is 10.9 Å². The monoisotopic (exact) mass is 135 g/mol. The minimum Gasteiger partial charge on any atom is -0.353 e. The topological polar surface area (TPSA) is 54.7 Å². The number of fused-ring (bicyclic) bond motifs is 1. The fourth-order valence-corrected chi connectivity index (χ4v) is 0.816. The number of nitrogens with one attached hydrogen (secondary N) is 1. The molecule has 0 saturated carbocycles. The smallest absolute Gasteiger partial charge is 0.201 e. The number of hydrogen-bond acceptors (Lipinski definition) is 3. The Labute approximate surface area is 55.9 Å². The van der Waals surface area contributed by atoms with E-state index in [9.17, 15) is 0 Å². The van der Waals surface area contributed by atoms with Crippen LogP contribution >= 0.6 is 0 Å². The van der Waals surface area contributed by atoms with Crippen LogP contribution in [0.5, 0.6) is 0 Å². The Bertz CT molecular complexity index is 453. The molecule has 2 heterocycles. The Morgan fingerprint density at radius 2 is 2.20 bits per heavy atom. The minimum absolute atomic E-state index is 0.473. The molecule has 0 spiro atoms. The van der Waals surface area contributed by atoms with Crippen LogP contribution in [0.15, 0.2) is 4.52 Å². The summed E-state index contributed by atoms with van der Waals surface area (Å²) in [5.41, 5.74) is 2.32. The second kappa shape index (κ2) is 1.47. The zero-order chi connectivity index (χ0) is 7.14. The summed E-state index contributed by atoms with van der Waals surface area (Å²) in [5, 5.41) is 3.64. The Hall–Kier alpha value is -1.58. The molecule has 4 heteroatoms. The maximum atomic E-state index is 4.73. The number of imidazole rings is 1. The lowest BCUT2D eigenvalue weighted by molar-refractivity contribution is 0.401. The Morgan fingerprint density at radius 3 is 2.90 bits per heavy atom. The summed E-state index contributed by atoms with van der Waals surface area (Å²) in [4.78, 5) is 6.80. The quantitative estimate of drug-likeness (QED) is 0.523. The summed E-state index contributed by atoms with van der Waals surface area (Å²) in [5.74, 6) is 0. The first-order valence-corrected chi connectivity index (χ1v) is 2.76. The second-order valence-corrected chi connectivity index (χ2v) is 1.99. The summed E-state index contributed by atoms with van der Waals surface area (Å²) >= 11 is 0. The minimum atomic E-state index is 0.473. The van der Waals surface area contributed by atoms with E-state index in [1.807, 2.05) is 0 Å². The van der Waals surface area contributed by atoms with Crippen molar-refractivity contribution in [2.45, 2.75) is 0 Å². The van der Waals surface area contributed by atoms with Crippen molar-refractivity contribution in [3.05, 3.63) is 10.9 Å². The van der Waals surface area contributed by atoms with Crippen LogP contribution in [0.4, 0.5) is 0 Å². The second-order valence-electron chi connectivity index (χ2n) is 1.99. The molecule has 50 valence electrons. The van der Waals surface area contributed by atoms with E-state index < -0.39 is 0 Å². The molecule has 0 saturated heterocycles. The van der Waals surface area contributed by atoms with Crippen LogP contribution in [0.25, 0.3) is 24.3 Å². The fraction of sp³-hybridized carbons (Fsp3) is 0. The molecular formula is C6H5N3O. The van der Waals surface area contributed by atoms with Crippen LogP contribution in [0.2, 0.25) is 0 Å². The highest BCUT2D eigenvalue weighted by Crippen LogP contribution is 1.93. The van der Waals surface area contributed by atoms with Crippen molar-refractivity contribution >= 4 is 24.3 Å². The third kappa shape index (κ3) is 0.500. The van der Waals surface area contributed by atoms with Crippen LogP contribution in [-0.4, -0.2) is 15.1 Å². The first kappa shape index (κ1) is 5.22. The van der Waals surface area contributed by atoms with Gasteiger partial charge in [-0.15, -0.1) is 0 Å². The maximum Gasteiger partial charge on any atom is 0.201 e. The molecule has 0 fully saturated rings. The maximum absolute atomic E-state index is 4.73. The van der Waals surface area contributed by atoms with Gasteiger partial charge in [-0.3, -0.25) is 0 Å². The predicted octanol–water partition coefficient (Wildman–Crippen LogP) is -0.629. The average molecular weight is 135 g/mol. The molecule has 0 aliphatic carbocycles. The fourth-order valence-electron chi connectivity index (χ4n) is 0.816. The van der Waals surface area contributed by atoms with Gasteiger partial charge in [0.05, 0.1) is 0 Å². The van der Waals surface area contributed by atoms with Crippen molar-refractivity contribution in [3.8, 4) is 0 Å². The van der Waals surface area contributed by atoms with Crippen molar-refractivity contribution in [3.63, 3.8) is 0 Å². The van der Waals surface area contributed by atoms with E-state index in [1.54, 1.807) is 0 Å². The van der Waals surface area contributed by atoms with E-state index >= 15 is 0 Å². The van der Waals surface area contributed by atoms with Gasteiger partial charge < -0.3 is 9.51 Å². The lowest BCUT2D eigenvalue weighted by Crippen LogP contribution is -2.02. The Morgan fingerprint density at radius 1 is 1.40 bits per heavy atom. The first-order chi connectivity index (χ1) is 4.77. The van der Waals surface area contributed by atoms with E-state index in [4.69, 9.17) is 4.52 Å². The molecule has 0 amide bonds. The first-order valence-electron chi connectivity index (χ1n) is 2.76. The van der Waals surface area contributed by atoms with Gasteiger partial charge in [0.25, 0.3) is 0 Å². The molecule has 0 aliphatic rings. The summed E-state index contributed by atoms with van der Waals surface area (Å²) < 4.78 is 4.73. The van der Waals surface area contributed by atoms with Crippen LogP contribution in [-0.2, 0) is 0 Å². The summed E-state index contributed by atoms with van der Waals surface area (Å²) in [7, 11) is 0. The van der Waals surface area contributed by atoms with Gasteiger partial charge >= 0.3 is 0 Å². The molecule has 2 rings (SSSR count). The third-order valence-electron chi connectivity index (χ3n) is 1.25. The van der Waals surface area contributed by atoms with Gasteiger partial charge in [0.2, 0.25) is 5.65 Å². The van der Waals surface area contributed by atoms with E-state index in [2.05, 4.69) is 28.3 Å². The number of aromatic amines is 1. The molecule has 0 atom stereocenters. The third-order valence-corrected chi connectivity index (χ3v) is 1.25. The summed E-state index contributed by atoms with van der Waals surface area (Å²) in [6, 6.07) is 0. The lowest BCUT2D eigenvalue weighted by atomic mass is 10.6. The van der Waals surface area contributed by atoms with E-state index in [-0.39, 0.29) is 0 Å². The standard InChI is InChI=1S/C6H5N3O/c1-3-5-6(9-10-3)8-4(2)7-5/h1-2H2,(H,8,9). The van der Waals surface area contributed by atoms with Crippen LogP contribution in [0.1, 0.15) is 0 Å². The van der Waals surface area contributed by atoms with Gasteiger partial charge in [0.15, 0.2) is 10.9 Å². The van der Waals surface area contributed by atoms with Crippen molar-refractivity contribution in [2.75, 3.05) is 0 Å². The molecule has 0 aromatic carbocycles.